The SMILES string of the molecule is CNS(=O)(=O)c1ccc(C)c(NC(=O)c2cscn2)c1. The molecule has 1 aromatic carbocycles. The molecule has 8 heteroatoms. The Bertz CT molecular complexity index is 724. The number of hydrogen-bond acceptors (Lipinski definition) is 5. The summed E-state index contributed by atoms with van der Waals surface area (Å²) in [4.78, 5) is 15.9. The molecule has 1 amide bonds. The van der Waals surface area contributed by atoms with Gasteiger partial charge in [-0.25, -0.2) is 18.1 Å². The molecular weight excluding hydrogens is 298 g/mol. The quantitative estimate of drug-likeness (QED) is 0.898. The van der Waals surface area contributed by atoms with E-state index in [1.807, 2.05) is 0 Å². The normalized spacial score (nSPS) is 11.3. The van der Waals surface area contributed by atoms with Crippen LogP contribution in [0.2, 0.25) is 0 Å². The topological polar surface area (TPSA) is 88.2 Å². The summed E-state index contributed by atoms with van der Waals surface area (Å²) in [6.07, 6.45) is 0. The van der Waals surface area contributed by atoms with Gasteiger partial charge in [-0.05, 0) is 31.7 Å². The number of carbonyl (C=O) groups is 1. The van der Waals surface area contributed by atoms with Crippen LogP contribution < -0.4 is 10.0 Å². The van der Waals surface area contributed by atoms with Crippen molar-refractivity contribution in [3.8, 4) is 0 Å². The summed E-state index contributed by atoms with van der Waals surface area (Å²) in [5, 5.41) is 4.29. The molecule has 0 spiro atoms. The summed E-state index contributed by atoms with van der Waals surface area (Å²) in [6.45, 7) is 1.78. The number of carbonyl (C=O) groups excluding carboxylic acids is 1. The standard InChI is InChI=1S/C12H13N3O3S2/c1-8-3-4-9(20(17,18)13-2)5-10(8)15-12(16)11-6-19-7-14-11/h3-7,13H,1-2H3,(H,15,16). The number of anilines is 1. The van der Waals surface area contributed by atoms with E-state index in [0.29, 0.717) is 11.4 Å². The molecule has 0 unspecified atom stereocenters. The third-order valence-corrected chi connectivity index (χ3v) is 4.70. The molecule has 0 saturated carbocycles. The first kappa shape index (κ1) is 14.6. The van der Waals surface area contributed by atoms with Crippen LogP contribution >= 0.6 is 11.3 Å². The number of nitrogens with zero attached hydrogens (tertiary/aromatic N) is 1. The highest BCUT2D eigenvalue weighted by molar-refractivity contribution is 7.89. The van der Waals surface area contributed by atoms with Crippen molar-refractivity contribution in [1.29, 1.82) is 0 Å². The Morgan fingerprint density at radius 2 is 2.10 bits per heavy atom. The number of aryl methyl sites for hydroxylation is 1. The van der Waals surface area contributed by atoms with Gasteiger partial charge in [0.25, 0.3) is 5.91 Å². The van der Waals surface area contributed by atoms with Crippen molar-refractivity contribution in [2.75, 3.05) is 12.4 Å². The third-order valence-electron chi connectivity index (χ3n) is 2.70. The van der Waals surface area contributed by atoms with Crippen LogP contribution in [0.25, 0.3) is 0 Å². The molecule has 2 N–H and O–H groups in total. The van der Waals surface area contributed by atoms with Crippen molar-refractivity contribution in [3.63, 3.8) is 0 Å². The second-order valence-electron chi connectivity index (χ2n) is 4.01. The van der Waals surface area contributed by atoms with Gasteiger partial charge in [-0.3, -0.25) is 4.79 Å². The minimum atomic E-state index is -3.54. The molecule has 1 aromatic heterocycles. The molecule has 1 heterocycles. The lowest BCUT2D eigenvalue weighted by Gasteiger charge is -2.10. The van der Waals surface area contributed by atoms with Gasteiger partial charge in [0.1, 0.15) is 5.69 Å². The van der Waals surface area contributed by atoms with Crippen LogP contribution in [0.4, 0.5) is 5.69 Å². The van der Waals surface area contributed by atoms with Crippen molar-refractivity contribution in [2.45, 2.75) is 11.8 Å². The van der Waals surface area contributed by atoms with Gasteiger partial charge in [-0.1, -0.05) is 6.07 Å². The van der Waals surface area contributed by atoms with Gasteiger partial charge >= 0.3 is 0 Å². The number of nitrogens with one attached hydrogen (secondary N) is 2. The van der Waals surface area contributed by atoms with E-state index in [4.69, 9.17) is 0 Å². The van der Waals surface area contributed by atoms with E-state index >= 15 is 0 Å². The first-order valence-electron chi connectivity index (χ1n) is 5.68. The van der Waals surface area contributed by atoms with E-state index in [2.05, 4.69) is 15.0 Å². The number of sulfonamides is 1. The van der Waals surface area contributed by atoms with Crippen molar-refractivity contribution in [3.05, 3.63) is 40.3 Å². The molecule has 0 radical (unpaired) electrons. The van der Waals surface area contributed by atoms with Crippen molar-refractivity contribution in [2.24, 2.45) is 0 Å². The minimum Gasteiger partial charge on any atom is -0.320 e. The maximum Gasteiger partial charge on any atom is 0.275 e. The molecule has 0 aliphatic heterocycles. The Hall–Kier alpha value is -1.77. The Morgan fingerprint density at radius 1 is 1.35 bits per heavy atom. The Balaban J connectivity index is 2.33. The molecule has 0 aliphatic rings. The fraction of sp³-hybridized carbons (Fsp3) is 0.167. The summed E-state index contributed by atoms with van der Waals surface area (Å²) in [5.74, 6) is -0.367. The van der Waals surface area contributed by atoms with E-state index in [0.717, 1.165) is 5.56 Å². The van der Waals surface area contributed by atoms with Crippen LogP contribution in [0.3, 0.4) is 0 Å². The molecule has 0 bridgehead atoms. The van der Waals surface area contributed by atoms with Crippen LogP contribution in [0.5, 0.6) is 0 Å². The van der Waals surface area contributed by atoms with Crippen LogP contribution in [0, 0.1) is 6.92 Å². The summed E-state index contributed by atoms with van der Waals surface area (Å²) in [5.41, 5.74) is 3.07. The van der Waals surface area contributed by atoms with E-state index in [1.54, 1.807) is 23.9 Å². The molecule has 0 aliphatic carbocycles. The van der Waals surface area contributed by atoms with Gasteiger partial charge in [-0.15, -0.1) is 11.3 Å². The maximum absolute atomic E-state index is 11.9. The first-order valence-corrected chi connectivity index (χ1v) is 8.10. The summed E-state index contributed by atoms with van der Waals surface area (Å²) >= 11 is 1.32. The second-order valence-corrected chi connectivity index (χ2v) is 6.62. The average molecular weight is 311 g/mol. The van der Waals surface area contributed by atoms with Gasteiger partial charge in [-0.2, -0.15) is 0 Å². The molecule has 0 fully saturated rings. The lowest BCUT2D eigenvalue weighted by molar-refractivity contribution is 0.102. The van der Waals surface area contributed by atoms with Crippen molar-refractivity contribution in [1.82, 2.24) is 9.71 Å². The number of hydrogen-bond donors (Lipinski definition) is 2. The highest BCUT2D eigenvalue weighted by Crippen LogP contribution is 2.20. The predicted molar refractivity (Wildman–Crippen MR) is 77.5 cm³/mol. The van der Waals surface area contributed by atoms with E-state index < -0.39 is 10.0 Å². The third kappa shape index (κ3) is 3.03. The van der Waals surface area contributed by atoms with Crippen LogP contribution in [0.1, 0.15) is 16.1 Å². The van der Waals surface area contributed by atoms with Crippen molar-refractivity contribution < 1.29 is 13.2 Å². The van der Waals surface area contributed by atoms with Gasteiger partial charge in [0, 0.05) is 11.1 Å². The van der Waals surface area contributed by atoms with Gasteiger partial charge in [0.2, 0.25) is 10.0 Å². The molecule has 106 valence electrons. The summed E-state index contributed by atoms with van der Waals surface area (Å²) in [7, 11) is -2.21. The summed E-state index contributed by atoms with van der Waals surface area (Å²) < 4.78 is 25.7. The Kier molecular flexibility index (Phi) is 4.17. The maximum atomic E-state index is 11.9. The molecule has 20 heavy (non-hydrogen) atoms. The number of rotatable bonds is 4. The number of amides is 1. The second kappa shape index (κ2) is 5.70. The van der Waals surface area contributed by atoms with E-state index in [-0.39, 0.29) is 10.8 Å². The molecular formula is C12H13N3O3S2. The largest absolute Gasteiger partial charge is 0.320 e. The van der Waals surface area contributed by atoms with Gasteiger partial charge in [0.05, 0.1) is 10.4 Å². The predicted octanol–water partition coefficient (Wildman–Crippen LogP) is 1.61. The smallest absolute Gasteiger partial charge is 0.275 e. The van der Waals surface area contributed by atoms with Crippen LogP contribution in [0.15, 0.2) is 34.0 Å². The van der Waals surface area contributed by atoms with E-state index in [1.165, 1.54) is 30.5 Å². The zero-order valence-electron chi connectivity index (χ0n) is 10.9. The van der Waals surface area contributed by atoms with Crippen LogP contribution in [-0.2, 0) is 10.0 Å². The van der Waals surface area contributed by atoms with Gasteiger partial charge < -0.3 is 5.32 Å². The fourth-order valence-corrected chi connectivity index (χ4v) is 2.82. The van der Waals surface area contributed by atoms with Crippen LogP contribution in [-0.4, -0.2) is 26.4 Å². The number of thiazole rings is 1. The number of benzene rings is 1. The monoisotopic (exact) mass is 311 g/mol. The fourth-order valence-electron chi connectivity index (χ4n) is 1.53. The van der Waals surface area contributed by atoms with E-state index in [9.17, 15) is 13.2 Å². The zero-order chi connectivity index (χ0) is 14.8. The highest BCUT2D eigenvalue weighted by atomic mass is 32.2. The Morgan fingerprint density at radius 3 is 2.70 bits per heavy atom. The molecule has 6 nitrogen and oxygen atoms in total. The van der Waals surface area contributed by atoms with Crippen molar-refractivity contribution >= 4 is 33.0 Å². The molecule has 0 saturated heterocycles. The molecule has 0 atom stereocenters. The lowest BCUT2D eigenvalue weighted by atomic mass is 10.2. The zero-order valence-corrected chi connectivity index (χ0v) is 12.5. The van der Waals surface area contributed by atoms with Gasteiger partial charge in [0.15, 0.2) is 0 Å². The first-order chi connectivity index (χ1) is 9.44. The molecule has 2 rings (SSSR count). The molecule has 2 aromatic rings. The lowest BCUT2D eigenvalue weighted by Crippen LogP contribution is -2.19. The highest BCUT2D eigenvalue weighted by Gasteiger charge is 2.15. The minimum absolute atomic E-state index is 0.0965. The Labute approximate surface area is 120 Å². The average Bonchev–Trinajstić information content (AvgIpc) is 2.95. The summed E-state index contributed by atoms with van der Waals surface area (Å²) in [6, 6.07) is 4.55. The number of aromatic nitrogens is 1.